The molecule has 2 aliphatic heterocycles. The third kappa shape index (κ3) is 4.41. The average molecular weight is 473 g/mol. The summed E-state index contributed by atoms with van der Waals surface area (Å²) in [7, 11) is -3.79. The highest BCUT2D eigenvalue weighted by Gasteiger charge is 2.35. The molecule has 1 aromatic heterocycles. The van der Waals surface area contributed by atoms with E-state index in [4.69, 9.17) is 0 Å². The fourth-order valence-electron chi connectivity index (χ4n) is 4.23. The maximum atomic E-state index is 13.0. The van der Waals surface area contributed by atoms with Gasteiger partial charge in [-0.05, 0) is 36.4 Å². The van der Waals surface area contributed by atoms with Gasteiger partial charge in [-0.2, -0.15) is 20.9 Å². The van der Waals surface area contributed by atoms with E-state index in [0.29, 0.717) is 44.6 Å². The topological polar surface area (TPSA) is 102 Å². The summed E-state index contributed by atoms with van der Waals surface area (Å²) in [4.78, 5) is 29.0. The number of hydrogen-bond donors (Lipinski definition) is 0. The van der Waals surface area contributed by atoms with Gasteiger partial charge in [0.15, 0.2) is 0 Å². The average Bonchev–Trinajstić information content (AvgIpc) is 3.38. The molecule has 2 saturated heterocycles. The first-order valence-corrected chi connectivity index (χ1v) is 12.9. The summed E-state index contributed by atoms with van der Waals surface area (Å²) in [5.41, 5.74) is 0.810. The van der Waals surface area contributed by atoms with Gasteiger partial charge in [0.1, 0.15) is 6.07 Å². The standard InChI is InChI=1S/C22H24N4O4S2/c23-15-18-3-1-2-4-20(18)32(29,30)26-12-10-25(11-13-26)21(27)17-5-8-24(9-6-17)22(28)19-7-14-31-16-19/h1-4,7,14,16-17H,5-6,8-13H2. The molecule has 32 heavy (non-hydrogen) atoms. The number of nitriles is 1. The van der Waals surface area contributed by atoms with E-state index in [2.05, 4.69) is 0 Å². The molecule has 0 saturated carbocycles. The van der Waals surface area contributed by atoms with Crippen LogP contribution in [0.15, 0.2) is 46.0 Å². The van der Waals surface area contributed by atoms with Crippen molar-refractivity contribution in [1.29, 1.82) is 5.26 Å². The fraction of sp³-hybridized carbons (Fsp3) is 0.409. The second-order valence-electron chi connectivity index (χ2n) is 7.92. The van der Waals surface area contributed by atoms with Gasteiger partial charge in [0.2, 0.25) is 15.9 Å². The van der Waals surface area contributed by atoms with Gasteiger partial charge >= 0.3 is 0 Å². The predicted octanol–water partition coefficient (Wildman–Crippen LogP) is 2.01. The van der Waals surface area contributed by atoms with Crippen molar-refractivity contribution in [1.82, 2.24) is 14.1 Å². The van der Waals surface area contributed by atoms with Crippen LogP contribution in [0.3, 0.4) is 0 Å². The SMILES string of the molecule is N#Cc1ccccc1S(=O)(=O)N1CCN(C(=O)C2CCN(C(=O)c3ccsc3)CC2)CC1. The lowest BCUT2D eigenvalue weighted by atomic mass is 9.94. The Morgan fingerprint density at radius 2 is 1.66 bits per heavy atom. The number of piperidine rings is 1. The summed E-state index contributed by atoms with van der Waals surface area (Å²) < 4.78 is 27.3. The summed E-state index contributed by atoms with van der Waals surface area (Å²) in [6.07, 6.45) is 1.23. The van der Waals surface area contributed by atoms with Gasteiger partial charge in [0.25, 0.3) is 5.91 Å². The Kier molecular flexibility index (Phi) is 6.60. The van der Waals surface area contributed by atoms with Crippen LogP contribution >= 0.6 is 11.3 Å². The minimum atomic E-state index is -3.79. The van der Waals surface area contributed by atoms with Gasteiger partial charge in [0, 0.05) is 50.6 Å². The van der Waals surface area contributed by atoms with Crippen LogP contribution in [0.5, 0.6) is 0 Å². The number of nitrogens with zero attached hydrogens (tertiary/aromatic N) is 4. The zero-order chi connectivity index (χ0) is 22.7. The highest BCUT2D eigenvalue weighted by molar-refractivity contribution is 7.89. The predicted molar refractivity (Wildman–Crippen MR) is 119 cm³/mol. The van der Waals surface area contributed by atoms with E-state index in [1.165, 1.54) is 27.8 Å². The number of carbonyl (C=O) groups excluding carboxylic acids is 2. The molecule has 0 unspecified atom stereocenters. The quantitative estimate of drug-likeness (QED) is 0.677. The molecule has 8 nitrogen and oxygen atoms in total. The Hall–Kier alpha value is -2.74. The first kappa shape index (κ1) is 22.5. The number of likely N-dealkylation sites (tertiary alicyclic amines) is 1. The van der Waals surface area contributed by atoms with E-state index in [-0.39, 0.29) is 41.3 Å². The maximum absolute atomic E-state index is 13.0. The van der Waals surface area contributed by atoms with Gasteiger partial charge in [0.05, 0.1) is 16.0 Å². The lowest BCUT2D eigenvalue weighted by molar-refractivity contribution is -0.138. The molecule has 2 amide bonds. The molecular formula is C22H24N4O4S2. The van der Waals surface area contributed by atoms with Crippen LogP contribution in [0.4, 0.5) is 0 Å². The third-order valence-electron chi connectivity index (χ3n) is 6.08. The smallest absolute Gasteiger partial charge is 0.254 e. The van der Waals surface area contributed by atoms with Gasteiger partial charge in [-0.3, -0.25) is 9.59 Å². The highest BCUT2D eigenvalue weighted by Crippen LogP contribution is 2.25. The van der Waals surface area contributed by atoms with E-state index in [1.807, 2.05) is 22.9 Å². The van der Waals surface area contributed by atoms with E-state index < -0.39 is 10.0 Å². The second kappa shape index (κ2) is 9.40. The molecule has 168 valence electrons. The van der Waals surface area contributed by atoms with E-state index in [0.717, 1.165) is 0 Å². The number of thiophene rings is 1. The number of hydrogen-bond acceptors (Lipinski definition) is 6. The number of sulfonamides is 1. The molecule has 3 heterocycles. The van der Waals surface area contributed by atoms with Gasteiger partial charge in [-0.15, -0.1) is 0 Å². The Morgan fingerprint density at radius 1 is 0.969 bits per heavy atom. The normalized spacial score (nSPS) is 18.3. The third-order valence-corrected chi connectivity index (χ3v) is 8.72. The monoisotopic (exact) mass is 472 g/mol. The molecule has 2 aromatic rings. The largest absolute Gasteiger partial charge is 0.340 e. The van der Waals surface area contributed by atoms with E-state index in [1.54, 1.807) is 21.9 Å². The second-order valence-corrected chi connectivity index (χ2v) is 10.6. The lowest BCUT2D eigenvalue weighted by Gasteiger charge is -2.38. The highest BCUT2D eigenvalue weighted by atomic mass is 32.2. The van der Waals surface area contributed by atoms with Crippen molar-refractivity contribution in [2.24, 2.45) is 5.92 Å². The summed E-state index contributed by atoms with van der Waals surface area (Å²) in [5.74, 6) is -0.111. The van der Waals surface area contributed by atoms with Crippen LogP contribution in [-0.4, -0.2) is 73.6 Å². The van der Waals surface area contributed by atoms with Crippen molar-refractivity contribution in [3.63, 3.8) is 0 Å². The van der Waals surface area contributed by atoms with Crippen LogP contribution in [0.1, 0.15) is 28.8 Å². The van der Waals surface area contributed by atoms with Gasteiger partial charge < -0.3 is 9.80 Å². The fourth-order valence-corrected chi connectivity index (χ4v) is 6.42. The molecule has 2 fully saturated rings. The van der Waals surface area contributed by atoms with E-state index in [9.17, 15) is 23.3 Å². The molecule has 4 rings (SSSR count). The number of rotatable bonds is 4. The minimum Gasteiger partial charge on any atom is -0.340 e. The van der Waals surface area contributed by atoms with Crippen LogP contribution in [0.25, 0.3) is 0 Å². The molecule has 0 aliphatic carbocycles. The van der Waals surface area contributed by atoms with Crippen molar-refractivity contribution in [2.45, 2.75) is 17.7 Å². The Balaban J connectivity index is 1.32. The zero-order valence-corrected chi connectivity index (χ0v) is 19.1. The van der Waals surface area contributed by atoms with Crippen molar-refractivity contribution in [2.75, 3.05) is 39.3 Å². The molecule has 0 atom stereocenters. The molecule has 1 aromatic carbocycles. The minimum absolute atomic E-state index is 0.00457. The van der Waals surface area contributed by atoms with Gasteiger partial charge in [-0.25, -0.2) is 8.42 Å². The first-order chi connectivity index (χ1) is 15.4. The molecule has 2 aliphatic rings. The van der Waals surface area contributed by atoms with Crippen LogP contribution in [0, 0.1) is 17.2 Å². The number of amides is 2. The Labute approximate surface area is 191 Å². The number of carbonyl (C=O) groups is 2. The van der Waals surface area contributed by atoms with Crippen molar-refractivity contribution < 1.29 is 18.0 Å². The molecule has 0 N–H and O–H groups in total. The first-order valence-electron chi connectivity index (χ1n) is 10.5. The summed E-state index contributed by atoms with van der Waals surface area (Å²) in [6.45, 7) is 2.13. The number of piperazine rings is 1. The summed E-state index contributed by atoms with van der Waals surface area (Å²) in [6, 6.07) is 9.91. The lowest BCUT2D eigenvalue weighted by Crippen LogP contribution is -2.53. The van der Waals surface area contributed by atoms with Crippen molar-refractivity contribution >= 4 is 33.2 Å². The number of benzene rings is 1. The van der Waals surface area contributed by atoms with E-state index >= 15 is 0 Å². The van der Waals surface area contributed by atoms with Crippen molar-refractivity contribution in [3.05, 3.63) is 52.2 Å². The summed E-state index contributed by atoms with van der Waals surface area (Å²) in [5, 5.41) is 12.9. The van der Waals surface area contributed by atoms with Crippen LogP contribution in [0.2, 0.25) is 0 Å². The Bertz CT molecular complexity index is 1120. The molecule has 0 bridgehead atoms. The Morgan fingerprint density at radius 3 is 2.28 bits per heavy atom. The van der Waals surface area contributed by atoms with Crippen LogP contribution in [-0.2, 0) is 14.8 Å². The molecule has 10 heteroatoms. The molecule has 0 radical (unpaired) electrons. The summed E-state index contributed by atoms with van der Waals surface area (Å²) >= 11 is 1.49. The maximum Gasteiger partial charge on any atom is 0.254 e. The zero-order valence-electron chi connectivity index (χ0n) is 17.5. The van der Waals surface area contributed by atoms with Crippen molar-refractivity contribution in [3.8, 4) is 6.07 Å². The van der Waals surface area contributed by atoms with Gasteiger partial charge in [-0.1, -0.05) is 12.1 Å². The van der Waals surface area contributed by atoms with Crippen LogP contribution < -0.4 is 0 Å². The molecule has 0 spiro atoms. The molecular weight excluding hydrogens is 448 g/mol.